The fraction of sp³-hybridized carbons (Fsp3) is 0.0172. The minimum absolute atomic E-state index is 0.775. The van der Waals surface area contributed by atoms with Gasteiger partial charge in [-0.2, -0.15) is 0 Å². The zero-order chi connectivity index (χ0) is 40.8. The topological polar surface area (TPSA) is 43.6 Å². The van der Waals surface area contributed by atoms with Crippen molar-refractivity contribution in [3.05, 3.63) is 241 Å². The normalized spacial score (nSPS) is 13.0. The van der Waals surface area contributed by atoms with Crippen LogP contribution in [-0.4, -0.2) is 19.5 Å². The lowest BCUT2D eigenvalue weighted by atomic mass is 9.71. The molecule has 4 heteroatoms. The van der Waals surface area contributed by atoms with Crippen LogP contribution in [0.3, 0.4) is 0 Å². The largest absolute Gasteiger partial charge is 0.292 e. The molecule has 13 rings (SSSR count). The standard InChI is InChI=1S/C58H36N4/c1-2-11-41(12-3-1)57-61-51-15-4-5-16-52(51)62(57)44-27-21-37(22-28-44)42-25-30-46-47-31-26-43(45-29-23-40-20-19-38-13-10-14-39-24-32-48(45)56(40)55(38)39)36-50(47)58(49(46)35-42,53-17-6-8-33-59-53)54-18-7-9-34-60-54/h1-36H. The number of hydrogen-bond donors (Lipinski definition) is 0. The summed E-state index contributed by atoms with van der Waals surface area (Å²) in [6.07, 6.45) is 3.82. The molecule has 0 radical (unpaired) electrons. The van der Waals surface area contributed by atoms with Crippen LogP contribution in [0, 0.1) is 0 Å². The van der Waals surface area contributed by atoms with Gasteiger partial charge in [0.2, 0.25) is 0 Å². The number of fused-ring (bicyclic) bond motifs is 4. The first-order chi connectivity index (χ1) is 30.7. The lowest BCUT2D eigenvalue weighted by molar-refractivity contribution is 0.706. The molecule has 0 amide bonds. The molecular formula is C58H36N4. The molecule has 1 aliphatic carbocycles. The van der Waals surface area contributed by atoms with Crippen molar-refractivity contribution in [2.75, 3.05) is 0 Å². The maximum atomic E-state index is 5.17. The highest BCUT2D eigenvalue weighted by molar-refractivity contribution is 6.25. The van der Waals surface area contributed by atoms with Gasteiger partial charge in [0.15, 0.2) is 0 Å². The van der Waals surface area contributed by atoms with Gasteiger partial charge in [0.05, 0.1) is 22.4 Å². The molecular weight excluding hydrogens is 753 g/mol. The number of imidazole rings is 1. The van der Waals surface area contributed by atoms with E-state index in [1.165, 1.54) is 65.7 Å². The molecule has 62 heavy (non-hydrogen) atoms. The Labute approximate surface area is 358 Å². The summed E-state index contributed by atoms with van der Waals surface area (Å²) in [7, 11) is 0. The summed E-state index contributed by atoms with van der Waals surface area (Å²) in [4.78, 5) is 15.4. The van der Waals surface area contributed by atoms with Crippen molar-refractivity contribution >= 4 is 43.4 Å². The molecule has 12 aromatic rings. The molecule has 0 atom stereocenters. The van der Waals surface area contributed by atoms with E-state index in [1.54, 1.807) is 0 Å². The predicted octanol–water partition coefficient (Wildman–Crippen LogP) is 14.1. The molecule has 0 saturated carbocycles. The number of hydrogen-bond acceptors (Lipinski definition) is 3. The van der Waals surface area contributed by atoms with Gasteiger partial charge in [0.1, 0.15) is 11.2 Å². The van der Waals surface area contributed by atoms with Crippen LogP contribution in [0.1, 0.15) is 22.5 Å². The lowest BCUT2D eigenvalue weighted by Gasteiger charge is -2.32. The zero-order valence-electron chi connectivity index (χ0n) is 33.6. The second-order valence-corrected chi connectivity index (χ2v) is 16.3. The SMILES string of the molecule is c1ccc(-c2nc3ccccc3n2-c2ccc(-c3ccc4c(c3)C(c3ccccn3)(c3ccccn3)c3cc(-c5ccc6ccc7cccc8ccc5c6c78)ccc3-4)cc2)cc1. The van der Waals surface area contributed by atoms with Crippen molar-refractivity contribution in [2.24, 2.45) is 0 Å². The Kier molecular flexibility index (Phi) is 7.49. The van der Waals surface area contributed by atoms with E-state index in [2.05, 4.69) is 187 Å². The highest BCUT2D eigenvalue weighted by Crippen LogP contribution is 2.57. The van der Waals surface area contributed by atoms with E-state index in [0.29, 0.717) is 0 Å². The average molecular weight is 789 g/mol. The summed E-state index contributed by atoms with van der Waals surface area (Å²) < 4.78 is 2.26. The van der Waals surface area contributed by atoms with Gasteiger partial charge in [0.25, 0.3) is 0 Å². The summed E-state index contributed by atoms with van der Waals surface area (Å²) >= 11 is 0. The Morgan fingerprint density at radius 1 is 0.387 bits per heavy atom. The van der Waals surface area contributed by atoms with E-state index < -0.39 is 5.41 Å². The third-order valence-corrected chi connectivity index (χ3v) is 13.1. The van der Waals surface area contributed by atoms with Crippen LogP contribution in [0.15, 0.2) is 219 Å². The summed E-state index contributed by atoms with van der Waals surface area (Å²) in [6.45, 7) is 0. The minimum Gasteiger partial charge on any atom is -0.292 e. The number of rotatable bonds is 6. The molecule has 9 aromatic carbocycles. The third kappa shape index (κ3) is 4.98. The number of nitrogens with zero attached hydrogens (tertiary/aromatic N) is 4. The van der Waals surface area contributed by atoms with Crippen LogP contribution in [0.2, 0.25) is 0 Å². The molecule has 3 heterocycles. The van der Waals surface area contributed by atoms with Crippen LogP contribution in [-0.2, 0) is 5.41 Å². The smallest absolute Gasteiger partial charge is 0.145 e. The summed E-state index contributed by atoms with van der Waals surface area (Å²) in [5, 5.41) is 7.69. The molecule has 0 spiro atoms. The second kappa shape index (κ2) is 13.4. The third-order valence-electron chi connectivity index (χ3n) is 13.1. The van der Waals surface area contributed by atoms with Crippen molar-refractivity contribution in [1.29, 1.82) is 0 Å². The van der Waals surface area contributed by atoms with Crippen LogP contribution in [0.4, 0.5) is 0 Å². The number of benzene rings is 9. The van der Waals surface area contributed by atoms with Crippen molar-refractivity contribution in [2.45, 2.75) is 5.41 Å². The molecule has 288 valence electrons. The maximum absolute atomic E-state index is 5.17. The molecule has 0 saturated heterocycles. The van der Waals surface area contributed by atoms with Gasteiger partial charge in [-0.3, -0.25) is 14.5 Å². The van der Waals surface area contributed by atoms with Gasteiger partial charge in [-0.05, 0) is 137 Å². The van der Waals surface area contributed by atoms with Crippen LogP contribution in [0.25, 0.3) is 93.8 Å². The molecule has 3 aromatic heterocycles. The van der Waals surface area contributed by atoms with Crippen molar-refractivity contribution in [3.8, 4) is 50.5 Å². The molecule has 4 nitrogen and oxygen atoms in total. The highest BCUT2D eigenvalue weighted by Gasteiger charge is 2.48. The van der Waals surface area contributed by atoms with E-state index in [4.69, 9.17) is 15.0 Å². The van der Waals surface area contributed by atoms with Gasteiger partial charge in [-0.15, -0.1) is 0 Å². The Balaban J connectivity index is 0.997. The minimum atomic E-state index is -0.775. The number of aromatic nitrogens is 4. The summed E-state index contributed by atoms with van der Waals surface area (Å²) in [6, 6.07) is 74.5. The van der Waals surface area contributed by atoms with Crippen molar-refractivity contribution < 1.29 is 0 Å². The summed E-state index contributed by atoms with van der Waals surface area (Å²) in [5.41, 5.74) is 14.7. The fourth-order valence-electron chi connectivity index (χ4n) is 10.4. The Hall–Kier alpha value is -8.21. The first-order valence-corrected chi connectivity index (χ1v) is 21.2. The lowest BCUT2D eigenvalue weighted by Crippen LogP contribution is -2.31. The molecule has 0 unspecified atom stereocenters. The van der Waals surface area contributed by atoms with Crippen LogP contribution in [0.5, 0.6) is 0 Å². The molecule has 0 N–H and O–H groups in total. The molecule has 0 bridgehead atoms. The molecule has 0 fully saturated rings. The zero-order valence-corrected chi connectivity index (χ0v) is 33.6. The Morgan fingerprint density at radius 2 is 0.968 bits per heavy atom. The van der Waals surface area contributed by atoms with E-state index in [1.807, 2.05) is 36.7 Å². The maximum Gasteiger partial charge on any atom is 0.145 e. The van der Waals surface area contributed by atoms with Crippen molar-refractivity contribution in [3.63, 3.8) is 0 Å². The van der Waals surface area contributed by atoms with Gasteiger partial charge in [-0.25, -0.2) is 4.98 Å². The summed E-state index contributed by atoms with van der Waals surface area (Å²) in [5.74, 6) is 0.923. The number of para-hydroxylation sites is 2. The van der Waals surface area contributed by atoms with Crippen LogP contribution >= 0.6 is 0 Å². The van der Waals surface area contributed by atoms with Crippen molar-refractivity contribution in [1.82, 2.24) is 19.5 Å². The van der Waals surface area contributed by atoms with E-state index in [9.17, 15) is 0 Å². The van der Waals surface area contributed by atoms with E-state index in [-0.39, 0.29) is 0 Å². The van der Waals surface area contributed by atoms with Gasteiger partial charge >= 0.3 is 0 Å². The monoisotopic (exact) mass is 788 g/mol. The van der Waals surface area contributed by atoms with Gasteiger partial charge in [0, 0.05) is 23.6 Å². The average Bonchev–Trinajstić information content (AvgIpc) is 3.88. The van der Waals surface area contributed by atoms with Gasteiger partial charge < -0.3 is 0 Å². The van der Waals surface area contributed by atoms with E-state index in [0.717, 1.165) is 50.6 Å². The highest BCUT2D eigenvalue weighted by atomic mass is 15.1. The second-order valence-electron chi connectivity index (χ2n) is 16.3. The predicted molar refractivity (Wildman–Crippen MR) is 254 cm³/mol. The quantitative estimate of drug-likeness (QED) is 0.158. The van der Waals surface area contributed by atoms with Crippen LogP contribution < -0.4 is 0 Å². The molecule has 0 aliphatic heterocycles. The first kappa shape index (κ1) is 34.6. The fourth-order valence-corrected chi connectivity index (χ4v) is 10.4. The Morgan fingerprint density at radius 3 is 1.68 bits per heavy atom. The number of pyridine rings is 2. The van der Waals surface area contributed by atoms with E-state index >= 15 is 0 Å². The Bertz CT molecular complexity index is 3610. The van der Waals surface area contributed by atoms with Gasteiger partial charge in [-0.1, -0.05) is 146 Å². The molecule has 1 aliphatic rings. The first-order valence-electron chi connectivity index (χ1n) is 21.2.